The lowest BCUT2D eigenvalue weighted by molar-refractivity contribution is -0.142. The monoisotopic (exact) mass is 236 g/mol. The predicted octanol–water partition coefficient (Wildman–Crippen LogP) is 1.93. The molecule has 0 amide bonds. The zero-order valence-electron chi connectivity index (χ0n) is 8.84. The van der Waals surface area contributed by atoms with Crippen molar-refractivity contribution < 1.29 is 22.7 Å². The van der Waals surface area contributed by atoms with E-state index < -0.39 is 18.7 Å². The van der Waals surface area contributed by atoms with Crippen LogP contribution >= 0.6 is 0 Å². The number of esters is 1. The summed E-state index contributed by atoms with van der Waals surface area (Å²) in [7, 11) is 0. The SMILES string of the molecule is CCOC(=O)c1cn(CC(F)(F)F)nc1C. The molecule has 90 valence electrons. The Morgan fingerprint density at radius 1 is 1.56 bits per heavy atom. The highest BCUT2D eigenvalue weighted by atomic mass is 19.4. The van der Waals surface area contributed by atoms with E-state index >= 15 is 0 Å². The van der Waals surface area contributed by atoms with Gasteiger partial charge >= 0.3 is 12.1 Å². The number of carbonyl (C=O) groups excluding carboxylic acids is 1. The fourth-order valence-electron chi connectivity index (χ4n) is 1.19. The normalized spacial score (nSPS) is 11.6. The van der Waals surface area contributed by atoms with Crippen LogP contribution in [-0.4, -0.2) is 28.5 Å². The minimum Gasteiger partial charge on any atom is -0.462 e. The number of halogens is 3. The fraction of sp³-hybridized carbons (Fsp3) is 0.556. The molecule has 1 heterocycles. The lowest BCUT2D eigenvalue weighted by atomic mass is 10.3. The van der Waals surface area contributed by atoms with Crippen LogP contribution < -0.4 is 0 Å². The van der Waals surface area contributed by atoms with Crippen molar-refractivity contribution in [2.75, 3.05) is 6.61 Å². The van der Waals surface area contributed by atoms with E-state index in [4.69, 9.17) is 0 Å². The maximum Gasteiger partial charge on any atom is 0.408 e. The molecule has 0 fully saturated rings. The number of alkyl halides is 3. The summed E-state index contributed by atoms with van der Waals surface area (Å²) in [4.78, 5) is 11.3. The third kappa shape index (κ3) is 3.25. The second-order valence-electron chi connectivity index (χ2n) is 3.16. The molecule has 4 nitrogen and oxygen atoms in total. The molecule has 0 unspecified atom stereocenters. The van der Waals surface area contributed by atoms with Crippen LogP contribution in [0.2, 0.25) is 0 Å². The molecule has 0 radical (unpaired) electrons. The van der Waals surface area contributed by atoms with Crippen molar-refractivity contribution in [3.8, 4) is 0 Å². The molecule has 0 atom stereocenters. The van der Waals surface area contributed by atoms with Gasteiger partial charge in [-0.2, -0.15) is 18.3 Å². The maximum absolute atomic E-state index is 12.1. The van der Waals surface area contributed by atoms with Gasteiger partial charge < -0.3 is 4.74 Å². The molecular weight excluding hydrogens is 225 g/mol. The van der Waals surface area contributed by atoms with Crippen LogP contribution in [-0.2, 0) is 11.3 Å². The molecule has 0 bridgehead atoms. The van der Waals surface area contributed by atoms with Crippen molar-refractivity contribution >= 4 is 5.97 Å². The van der Waals surface area contributed by atoms with Gasteiger partial charge in [0.15, 0.2) is 0 Å². The Morgan fingerprint density at radius 2 is 2.19 bits per heavy atom. The molecule has 0 saturated heterocycles. The highest BCUT2D eigenvalue weighted by molar-refractivity contribution is 5.90. The molecule has 0 N–H and O–H groups in total. The fourth-order valence-corrected chi connectivity index (χ4v) is 1.19. The van der Waals surface area contributed by atoms with Crippen molar-refractivity contribution in [2.45, 2.75) is 26.6 Å². The molecule has 0 spiro atoms. The largest absolute Gasteiger partial charge is 0.462 e. The van der Waals surface area contributed by atoms with E-state index in [-0.39, 0.29) is 17.9 Å². The molecule has 1 aromatic heterocycles. The summed E-state index contributed by atoms with van der Waals surface area (Å²) in [5.74, 6) is -0.659. The van der Waals surface area contributed by atoms with Gasteiger partial charge in [0.1, 0.15) is 12.1 Å². The van der Waals surface area contributed by atoms with E-state index in [9.17, 15) is 18.0 Å². The number of hydrogen-bond acceptors (Lipinski definition) is 3. The summed E-state index contributed by atoms with van der Waals surface area (Å²) in [5.41, 5.74) is 0.286. The van der Waals surface area contributed by atoms with Gasteiger partial charge in [0.25, 0.3) is 0 Å². The van der Waals surface area contributed by atoms with Gasteiger partial charge in [-0.25, -0.2) is 4.79 Å². The first-order chi connectivity index (χ1) is 7.33. The number of carbonyl (C=O) groups is 1. The Bertz CT molecular complexity index is 385. The van der Waals surface area contributed by atoms with E-state index in [1.54, 1.807) is 6.92 Å². The van der Waals surface area contributed by atoms with Gasteiger partial charge in [0, 0.05) is 6.20 Å². The molecule has 0 aliphatic heterocycles. The highest BCUT2D eigenvalue weighted by Gasteiger charge is 2.29. The number of hydrogen-bond donors (Lipinski definition) is 0. The van der Waals surface area contributed by atoms with Crippen LogP contribution in [0, 0.1) is 6.92 Å². The molecule has 0 aromatic carbocycles. The van der Waals surface area contributed by atoms with Crippen molar-refractivity contribution in [3.63, 3.8) is 0 Å². The predicted molar refractivity (Wildman–Crippen MR) is 49.0 cm³/mol. The Morgan fingerprint density at radius 3 is 2.69 bits per heavy atom. The van der Waals surface area contributed by atoms with Crippen molar-refractivity contribution in [2.24, 2.45) is 0 Å². The Balaban J connectivity index is 2.86. The number of nitrogens with zero attached hydrogens (tertiary/aromatic N) is 2. The molecule has 0 aliphatic carbocycles. The van der Waals surface area contributed by atoms with Crippen LogP contribution in [0.5, 0.6) is 0 Å². The van der Waals surface area contributed by atoms with Crippen molar-refractivity contribution in [1.29, 1.82) is 0 Å². The van der Waals surface area contributed by atoms with Crippen LogP contribution in [0.3, 0.4) is 0 Å². The zero-order chi connectivity index (χ0) is 12.3. The maximum atomic E-state index is 12.1. The third-order valence-corrected chi connectivity index (χ3v) is 1.78. The lowest BCUT2D eigenvalue weighted by Crippen LogP contribution is -2.18. The van der Waals surface area contributed by atoms with Gasteiger partial charge in [-0.1, -0.05) is 0 Å². The summed E-state index contributed by atoms with van der Waals surface area (Å²) in [6, 6.07) is 0. The minimum absolute atomic E-state index is 0.0612. The van der Waals surface area contributed by atoms with Crippen molar-refractivity contribution in [3.05, 3.63) is 17.5 Å². The lowest BCUT2D eigenvalue weighted by Gasteiger charge is -2.04. The van der Waals surface area contributed by atoms with Crippen LogP contribution in [0.15, 0.2) is 6.20 Å². The van der Waals surface area contributed by atoms with Crippen LogP contribution in [0.25, 0.3) is 0 Å². The molecule has 7 heteroatoms. The van der Waals surface area contributed by atoms with E-state index in [2.05, 4.69) is 9.84 Å². The molecule has 16 heavy (non-hydrogen) atoms. The minimum atomic E-state index is -4.36. The van der Waals surface area contributed by atoms with Crippen molar-refractivity contribution in [1.82, 2.24) is 9.78 Å². The summed E-state index contributed by atoms with van der Waals surface area (Å²) in [6.45, 7) is 2.03. The Labute approximate surface area is 90.0 Å². The van der Waals surface area contributed by atoms with Gasteiger partial charge in [0.2, 0.25) is 0 Å². The molecular formula is C9H11F3N2O2. The van der Waals surface area contributed by atoms with Gasteiger partial charge in [-0.05, 0) is 13.8 Å². The van der Waals surface area contributed by atoms with Crippen LogP contribution in [0.1, 0.15) is 23.0 Å². The second kappa shape index (κ2) is 4.54. The summed E-state index contributed by atoms with van der Waals surface area (Å²) in [5, 5.41) is 3.60. The second-order valence-corrected chi connectivity index (χ2v) is 3.16. The zero-order valence-corrected chi connectivity index (χ0v) is 8.84. The molecule has 0 saturated carbocycles. The third-order valence-electron chi connectivity index (χ3n) is 1.78. The average molecular weight is 236 g/mol. The standard InChI is InChI=1S/C9H11F3N2O2/c1-3-16-8(15)7-4-14(13-6(7)2)5-9(10,11)12/h4H,3,5H2,1-2H3. The number of aromatic nitrogens is 2. The molecule has 0 aliphatic rings. The quantitative estimate of drug-likeness (QED) is 0.753. The summed E-state index contributed by atoms with van der Waals surface area (Å²) in [6.07, 6.45) is -3.31. The van der Waals surface area contributed by atoms with E-state index in [0.717, 1.165) is 6.20 Å². The number of ether oxygens (including phenoxy) is 1. The topological polar surface area (TPSA) is 44.1 Å². The van der Waals surface area contributed by atoms with E-state index in [1.807, 2.05) is 0 Å². The first-order valence-corrected chi connectivity index (χ1v) is 4.61. The highest BCUT2D eigenvalue weighted by Crippen LogP contribution is 2.18. The van der Waals surface area contributed by atoms with Gasteiger partial charge in [-0.15, -0.1) is 0 Å². The molecule has 1 rings (SSSR count). The first kappa shape index (κ1) is 12.5. The summed E-state index contributed by atoms with van der Waals surface area (Å²) >= 11 is 0. The van der Waals surface area contributed by atoms with Gasteiger partial charge in [-0.3, -0.25) is 4.68 Å². The molecule has 1 aromatic rings. The van der Waals surface area contributed by atoms with Gasteiger partial charge in [0.05, 0.1) is 12.3 Å². The Kier molecular flexibility index (Phi) is 3.56. The number of aryl methyl sites for hydroxylation is 1. The average Bonchev–Trinajstić information content (AvgIpc) is 2.44. The van der Waals surface area contributed by atoms with E-state index in [1.165, 1.54) is 6.92 Å². The smallest absolute Gasteiger partial charge is 0.408 e. The first-order valence-electron chi connectivity index (χ1n) is 4.61. The Hall–Kier alpha value is -1.53. The van der Waals surface area contributed by atoms with Crippen LogP contribution in [0.4, 0.5) is 13.2 Å². The number of rotatable bonds is 3. The van der Waals surface area contributed by atoms with E-state index in [0.29, 0.717) is 4.68 Å². The summed E-state index contributed by atoms with van der Waals surface area (Å²) < 4.78 is 41.5.